The van der Waals surface area contributed by atoms with E-state index >= 15 is 0 Å². The lowest BCUT2D eigenvalue weighted by Gasteiger charge is -2.09. The molecule has 0 bridgehead atoms. The Labute approximate surface area is 164 Å². The van der Waals surface area contributed by atoms with Gasteiger partial charge in [0, 0.05) is 30.2 Å². The number of halogens is 1. The maximum atomic E-state index is 10.8. The second kappa shape index (κ2) is 8.57. The Morgan fingerprint density at radius 3 is 2.44 bits per heavy atom. The van der Waals surface area contributed by atoms with Crippen LogP contribution in [0.2, 0.25) is 0 Å². The van der Waals surface area contributed by atoms with Crippen molar-refractivity contribution in [1.82, 2.24) is 19.7 Å². The van der Waals surface area contributed by atoms with Crippen LogP contribution in [0.5, 0.6) is 0 Å². The van der Waals surface area contributed by atoms with Gasteiger partial charge in [-0.15, -0.1) is 12.4 Å². The van der Waals surface area contributed by atoms with Gasteiger partial charge in [0.15, 0.2) is 0 Å². The van der Waals surface area contributed by atoms with Crippen LogP contribution in [0.25, 0.3) is 22.2 Å². The van der Waals surface area contributed by atoms with Gasteiger partial charge in [-0.25, -0.2) is 24.8 Å². The van der Waals surface area contributed by atoms with E-state index in [9.17, 15) is 8.42 Å². The Balaban J connectivity index is 0.00000261. The summed E-state index contributed by atoms with van der Waals surface area (Å²) in [5.41, 5.74) is 4.98. The highest BCUT2D eigenvalue weighted by molar-refractivity contribution is 7.87. The van der Waals surface area contributed by atoms with Gasteiger partial charge in [0.05, 0.1) is 11.2 Å². The number of hydrogen-bond acceptors (Lipinski definition) is 6. The molecule has 144 valence electrons. The largest absolute Gasteiger partial charge is 0.369 e. The van der Waals surface area contributed by atoms with Gasteiger partial charge in [-0.1, -0.05) is 0 Å². The number of aromatic nitrogens is 3. The first kappa shape index (κ1) is 21.0. The molecule has 0 fully saturated rings. The van der Waals surface area contributed by atoms with Gasteiger partial charge in [-0.2, -0.15) is 8.42 Å². The molecular weight excluding hydrogens is 388 g/mol. The SMILES string of the molecule is Cc1cc2ncnc(-c3ccc(NCCNS(N)(=O)=O)nc3)c2cc1C.Cl. The molecular formula is C17H21ClN6O2S. The van der Waals surface area contributed by atoms with Gasteiger partial charge in [0.1, 0.15) is 12.1 Å². The molecule has 2 aromatic heterocycles. The molecule has 4 N–H and O–H groups in total. The molecule has 0 aliphatic rings. The molecule has 0 saturated heterocycles. The van der Waals surface area contributed by atoms with Crippen LogP contribution in [0.4, 0.5) is 5.82 Å². The molecule has 1 aromatic carbocycles. The van der Waals surface area contributed by atoms with E-state index in [1.807, 2.05) is 12.1 Å². The molecule has 0 aliphatic carbocycles. The van der Waals surface area contributed by atoms with Crippen LogP contribution in [0.15, 0.2) is 36.8 Å². The summed E-state index contributed by atoms with van der Waals surface area (Å²) < 4.78 is 23.8. The minimum Gasteiger partial charge on any atom is -0.369 e. The first-order valence-electron chi connectivity index (χ1n) is 8.03. The molecule has 0 aliphatic heterocycles. The van der Waals surface area contributed by atoms with E-state index in [4.69, 9.17) is 5.14 Å². The van der Waals surface area contributed by atoms with Crippen molar-refractivity contribution in [3.63, 3.8) is 0 Å². The van der Waals surface area contributed by atoms with E-state index < -0.39 is 10.2 Å². The van der Waals surface area contributed by atoms with Gasteiger partial charge in [0.2, 0.25) is 0 Å². The fraction of sp³-hybridized carbons (Fsp3) is 0.235. The summed E-state index contributed by atoms with van der Waals surface area (Å²) in [5.74, 6) is 0.635. The molecule has 3 rings (SSSR count). The number of benzene rings is 1. The zero-order valence-corrected chi connectivity index (χ0v) is 16.6. The lowest BCUT2D eigenvalue weighted by molar-refractivity contribution is 0.584. The van der Waals surface area contributed by atoms with Crippen molar-refractivity contribution in [2.24, 2.45) is 5.14 Å². The van der Waals surface area contributed by atoms with Gasteiger partial charge < -0.3 is 5.32 Å². The molecule has 10 heteroatoms. The zero-order valence-electron chi connectivity index (χ0n) is 14.9. The van der Waals surface area contributed by atoms with E-state index in [0.29, 0.717) is 12.4 Å². The average molecular weight is 409 g/mol. The fourth-order valence-corrected chi connectivity index (χ4v) is 2.95. The van der Waals surface area contributed by atoms with Crippen molar-refractivity contribution in [3.05, 3.63) is 47.9 Å². The van der Waals surface area contributed by atoms with E-state index in [-0.39, 0.29) is 19.0 Å². The van der Waals surface area contributed by atoms with E-state index in [0.717, 1.165) is 22.2 Å². The van der Waals surface area contributed by atoms with Crippen LogP contribution in [0, 0.1) is 13.8 Å². The third-order valence-corrected chi connectivity index (χ3v) is 4.63. The zero-order chi connectivity index (χ0) is 18.7. The number of rotatable bonds is 6. The molecule has 0 atom stereocenters. The van der Waals surface area contributed by atoms with Crippen molar-refractivity contribution in [1.29, 1.82) is 0 Å². The fourth-order valence-electron chi connectivity index (χ4n) is 2.57. The number of nitrogens with one attached hydrogen (secondary N) is 2. The number of pyridine rings is 1. The van der Waals surface area contributed by atoms with Crippen LogP contribution < -0.4 is 15.2 Å². The Bertz CT molecular complexity index is 1040. The summed E-state index contributed by atoms with van der Waals surface area (Å²) in [6.45, 7) is 4.67. The van der Waals surface area contributed by atoms with Gasteiger partial charge >= 0.3 is 0 Å². The standard InChI is InChI=1S/C17H20N6O2S.ClH/c1-11-7-14-15(8-12(11)2)21-10-22-17(14)13-3-4-16(20-9-13)19-5-6-23-26(18,24)25;/h3-4,7-10,23H,5-6H2,1-2H3,(H,19,20)(H2,18,24,25);1H. The third-order valence-electron chi connectivity index (χ3n) is 4.02. The van der Waals surface area contributed by atoms with Crippen molar-refractivity contribution in [3.8, 4) is 11.3 Å². The second-order valence-electron chi connectivity index (χ2n) is 5.97. The first-order chi connectivity index (χ1) is 12.3. The summed E-state index contributed by atoms with van der Waals surface area (Å²) in [7, 11) is -3.67. The van der Waals surface area contributed by atoms with Crippen LogP contribution in [-0.4, -0.2) is 36.5 Å². The summed E-state index contributed by atoms with van der Waals surface area (Å²) in [6, 6.07) is 7.88. The lowest BCUT2D eigenvalue weighted by atomic mass is 10.0. The number of anilines is 1. The number of nitrogens with two attached hydrogens (primary N) is 1. The van der Waals surface area contributed by atoms with Crippen molar-refractivity contribution >= 4 is 39.3 Å². The van der Waals surface area contributed by atoms with Crippen molar-refractivity contribution in [2.75, 3.05) is 18.4 Å². The maximum Gasteiger partial charge on any atom is 0.274 e. The monoisotopic (exact) mass is 408 g/mol. The van der Waals surface area contributed by atoms with Crippen LogP contribution >= 0.6 is 12.4 Å². The quantitative estimate of drug-likeness (QED) is 0.535. The lowest BCUT2D eigenvalue weighted by Crippen LogP contribution is -2.34. The normalized spacial score (nSPS) is 11.2. The highest BCUT2D eigenvalue weighted by Crippen LogP contribution is 2.27. The minimum atomic E-state index is -3.67. The molecule has 3 aromatic rings. The van der Waals surface area contributed by atoms with E-state index in [1.54, 1.807) is 12.5 Å². The Morgan fingerprint density at radius 1 is 1.04 bits per heavy atom. The smallest absolute Gasteiger partial charge is 0.274 e. The second-order valence-corrected chi connectivity index (χ2v) is 7.35. The van der Waals surface area contributed by atoms with E-state index in [1.165, 1.54) is 11.1 Å². The summed E-state index contributed by atoms with van der Waals surface area (Å²) in [6.07, 6.45) is 3.28. The van der Waals surface area contributed by atoms with Crippen molar-refractivity contribution in [2.45, 2.75) is 13.8 Å². The molecule has 27 heavy (non-hydrogen) atoms. The van der Waals surface area contributed by atoms with E-state index in [2.05, 4.69) is 51.0 Å². The first-order valence-corrected chi connectivity index (χ1v) is 9.58. The highest BCUT2D eigenvalue weighted by atomic mass is 35.5. The van der Waals surface area contributed by atoms with Crippen LogP contribution in [0.3, 0.4) is 0 Å². The molecule has 0 saturated carbocycles. The molecule has 0 radical (unpaired) electrons. The van der Waals surface area contributed by atoms with Gasteiger partial charge in [0.25, 0.3) is 10.2 Å². The van der Waals surface area contributed by atoms with Crippen molar-refractivity contribution < 1.29 is 8.42 Å². The number of hydrogen-bond donors (Lipinski definition) is 3. The van der Waals surface area contributed by atoms with Crippen LogP contribution in [-0.2, 0) is 10.2 Å². The Kier molecular flexibility index (Phi) is 6.66. The van der Waals surface area contributed by atoms with Gasteiger partial charge in [-0.05, 0) is 49.2 Å². The summed E-state index contributed by atoms with van der Waals surface area (Å²) in [4.78, 5) is 13.1. The third kappa shape index (κ3) is 5.33. The number of nitrogens with zero attached hydrogens (tertiary/aromatic N) is 3. The molecule has 8 nitrogen and oxygen atoms in total. The van der Waals surface area contributed by atoms with Crippen LogP contribution in [0.1, 0.15) is 11.1 Å². The number of aryl methyl sites for hydroxylation is 2. The minimum absolute atomic E-state index is 0. The Morgan fingerprint density at radius 2 is 1.78 bits per heavy atom. The summed E-state index contributed by atoms with van der Waals surface area (Å²) >= 11 is 0. The predicted octanol–water partition coefficient (Wildman–Crippen LogP) is 1.94. The Hall–Kier alpha value is -2.33. The molecule has 0 amide bonds. The highest BCUT2D eigenvalue weighted by Gasteiger charge is 2.09. The maximum absolute atomic E-state index is 10.8. The number of fused-ring (bicyclic) bond motifs is 1. The molecule has 2 heterocycles. The topological polar surface area (TPSA) is 123 Å². The molecule has 0 unspecified atom stereocenters. The molecule has 0 spiro atoms. The van der Waals surface area contributed by atoms with Gasteiger partial charge in [-0.3, -0.25) is 0 Å². The predicted molar refractivity (Wildman–Crippen MR) is 109 cm³/mol. The summed E-state index contributed by atoms with van der Waals surface area (Å²) in [5, 5.41) is 8.88. The average Bonchev–Trinajstić information content (AvgIpc) is 2.59.